The second-order valence-corrected chi connectivity index (χ2v) is 14.2. The van der Waals surface area contributed by atoms with Gasteiger partial charge in [0.05, 0.1) is 16.6 Å². The number of nitrogens with zero attached hydrogens (tertiary/aromatic N) is 2. The zero-order valence-electron chi connectivity index (χ0n) is 23.4. The Morgan fingerprint density at radius 3 is 2.26 bits per heavy atom. The van der Waals surface area contributed by atoms with Gasteiger partial charge in [0.15, 0.2) is 7.14 Å². The van der Waals surface area contributed by atoms with Crippen LogP contribution < -0.4 is 15.9 Å². The van der Waals surface area contributed by atoms with Gasteiger partial charge in [0.1, 0.15) is 5.65 Å². The number of pyridine rings is 1. The van der Waals surface area contributed by atoms with Crippen molar-refractivity contribution in [2.75, 3.05) is 0 Å². The number of allylic oxidation sites excluding steroid dienone is 1. The molecule has 1 unspecified atom stereocenters. The summed E-state index contributed by atoms with van der Waals surface area (Å²) in [7, 11) is -3.26. The third kappa shape index (κ3) is 3.62. The van der Waals surface area contributed by atoms with Crippen LogP contribution in [0.3, 0.4) is 0 Å². The van der Waals surface area contributed by atoms with Crippen molar-refractivity contribution in [3.8, 4) is 0 Å². The van der Waals surface area contributed by atoms with E-state index in [2.05, 4.69) is 126 Å². The molecule has 0 saturated heterocycles. The van der Waals surface area contributed by atoms with Crippen LogP contribution in [0.4, 0.5) is 0 Å². The molecule has 3 nitrogen and oxygen atoms in total. The molecule has 1 aliphatic carbocycles. The van der Waals surface area contributed by atoms with Crippen molar-refractivity contribution in [3.05, 3.63) is 145 Å². The fourth-order valence-corrected chi connectivity index (χ4v) is 9.62. The third-order valence-electron chi connectivity index (χ3n) is 9.07. The summed E-state index contributed by atoms with van der Waals surface area (Å²) >= 11 is 0. The van der Waals surface area contributed by atoms with Crippen molar-refractivity contribution in [2.24, 2.45) is 0 Å². The van der Waals surface area contributed by atoms with E-state index in [4.69, 9.17) is 4.98 Å². The maximum Gasteiger partial charge on any atom is 0.171 e. The van der Waals surface area contributed by atoms with Gasteiger partial charge in [-0.2, -0.15) is 0 Å². The van der Waals surface area contributed by atoms with Gasteiger partial charge in [-0.05, 0) is 82.6 Å². The van der Waals surface area contributed by atoms with Crippen molar-refractivity contribution < 1.29 is 4.57 Å². The fraction of sp³-hybridized carbons (Fsp3) is 0.0513. The van der Waals surface area contributed by atoms with Crippen molar-refractivity contribution in [1.29, 1.82) is 0 Å². The molecule has 0 fully saturated rings. The Morgan fingerprint density at radius 2 is 1.33 bits per heavy atom. The van der Waals surface area contributed by atoms with Crippen LogP contribution in [0.2, 0.25) is 0 Å². The molecule has 1 atom stereocenters. The molecule has 0 saturated carbocycles. The maximum absolute atomic E-state index is 15.9. The van der Waals surface area contributed by atoms with Gasteiger partial charge in [-0.1, -0.05) is 97.1 Å². The molecule has 2 heterocycles. The van der Waals surface area contributed by atoms with Crippen LogP contribution in [0, 0.1) is 0 Å². The van der Waals surface area contributed by atoms with Crippen molar-refractivity contribution >= 4 is 78.3 Å². The van der Waals surface area contributed by atoms with Crippen LogP contribution in [0.5, 0.6) is 0 Å². The van der Waals surface area contributed by atoms with Crippen LogP contribution in [-0.2, 0) is 11.0 Å². The van der Waals surface area contributed by atoms with Crippen LogP contribution in [-0.4, -0.2) is 9.38 Å². The van der Waals surface area contributed by atoms with E-state index >= 15 is 4.57 Å². The van der Waals surface area contributed by atoms with E-state index in [1.54, 1.807) is 0 Å². The summed E-state index contributed by atoms with van der Waals surface area (Å²) in [5.74, 6) is 0. The number of hydrogen-bond donors (Lipinski definition) is 0. The first-order valence-electron chi connectivity index (χ1n) is 14.8. The van der Waals surface area contributed by atoms with Crippen molar-refractivity contribution in [1.82, 2.24) is 9.38 Å². The third-order valence-corrected chi connectivity index (χ3v) is 12.1. The Balaban J connectivity index is 1.37. The Bertz CT molecular complexity index is 2500. The molecule has 8 aromatic rings. The molecule has 0 amide bonds. The molecule has 0 radical (unpaired) electrons. The zero-order chi connectivity index (χ0) is 28.5. The van der Waals surface area contributed by atoms with Crippen molar-refractivity contribution in [3.63, 3.8) is 0 Å². The molecule has 0 aliphatic heterocycles. The largest absolute Gasteiger partial charge is 0.309 e. The highest BCUT2D eigenvalue weighted by molar-refractivity contribution is 7.85. The SMILES string of the molecule is O=P(c1ccc2c(c1)C=CCC2)(c1ccc2ccccc2c1)c1ccc2c(c1)c1ccccc1n1c3ccccc3nc21. The molecular formula is C39H27N2OP. The Kier molecular flexibility index (Phi) is 5.30. The van der Waals surface area contributed by atoms with E-state index in [9.17, 15) is 0 Å². The van der Waals surface area contributed by atoms with Gasteiger partial charge in [0.2, 0.25) is 0 Å². The molecular weight excluding hydrogens is 543 g/mol. The summed E-state index contributed by atoms with van der Waals surface area (Å²) in [5.41, 5.74) is 6.55. The van der Waals surface area contributed by atoms with E-state index in [0.29, 0.717) is 0 Å². The smallest absolute Gasteiger partial charge is 0.171 e. The number of para-hydroxylation sites is 3. The summed E-state index contributed by atoms with van der Waals surface area (Å²) < 4.78 is 18.1. The summed E-state index contributed by atoms with van der Waals surface area (Å²) in [6.07, 6.45) is 6.46. The zero-order valence-corrected chi connectivity index (χ0v) is 24.3. The molecule has 0 N–H and O–H groups in total. The minimum absolute atomic E-state index is 0.834. The molecule has 4 heteroatoms. The molecule has 6 aromatic carbocycles. The monoisotopic (exact) mass is 570 g/mol. The second kappa shape index (κ2) is 9.26. The fourth-order valence-electron chi connectivity index (χ4n) is 6.92. The first kappa shape index (κ1) is 24.6. The van der Waals surface area contributed by atoms with Gasteiger partial charge in [0, 0.05) is 26.7 Å². The molecule has 1 aliphatic rings. The molecule has 2 aromatic heterocycles. The highest BCUT2D eigenvalue weighted by atomic mass is 31.2. The first-order valence-corrected chi connectivity index (χ1v) is 16.5. The first-order chi connectivity index (χ1) is 21.2. The van der Waals surface area contributed by atoms with Crippen LogP contribution in [0.15, 0.2) is 133 Å². The lowest BCUT2D eigenvalue weighted by atomic mass is 9.98. The number of imidazole rings is 1. The lowest BCUT2D eigenvalue weighted by Crippen LogP contribution is -2.25. The normalized spacial score (nSPS) is 14.5. The second-order valence-electron chi connectivity index (χ2n) is 11.5. The van der Waals surface area contributed by atoms with Gasteiger partial charge in [-0.3, -0.25) is 4.40 Å². The van der Waals surface area contributed by atoms with Gasteiger partial charge < -0.3 is 4.57 Å². The number of aromatic nitrogens is 2. The average molecular weight is 571 g/mol. The van der Waals surface area contributed by atoms with Gasteiger partial charge in [-0.15, -0.1) is 0 Å². The highest BCUT2D eigenvalue weighted by Gasteiger charge is 2.31. The average Bonchev–Trinajstić information content (AvgIpc) is 3.47. The predicted octanol–water partition coefficient (Wildman–Crippen LogP) is 8.55. The standard InChI is InChI=1S/C39H27N2OP/c42-43(30-19-17-26-9-1-3-11-28(26)23-30,31-20-18-27-10-2-4-12-29(27)24-31)32-21-22-34-35(25-32)33-13-5-7-15-37(33)41-38-16-8-6-14-36(38)40-39(34)41/h1,3-9,11-25H,2,10H2. The van der Waals surface area contributed by atoms with E-state index in [1.165, 1.54) is 11.1 Å². The van der Waals surface area contributed by atoms with E-state index < -0.39 is 7.14 Å². The number of hydrogen-bond acceptors (Lipinski definition) is 2. The van der Waals surface area contributed by atoms with Crippen LogP contribution >= 0.6 is 7.14 Å². The Labute approximate surface area is 249 Å². The van der Waals surface area contributed by atoms with Gasteiger partial charge in [0.25, 0.3) is 0 Å². The maximum atomic E-state index is 15.9. The van der Waals surface area contributed by atoms with Crippen molar-refractivity contribution in [2.45, 2.75) is 12.8 Å². The Hall–Kier alpha value is -4.98. The number of rotatable bonds is 3. The van der Waals surface area contributed by atoms with E-state index in [1.807, 2.05) is 18.2 Å². The van der Waals surface area contributed by atoms with E-state index in [0.717, 1.165) is 77.9 Å². The minimum atomic E-state index is -3.26. The predicted molar refractivity (Wildman–Crippen MR) is 182 cm³/mol. The Morgan fingerprint density at radius 1 is 0.605 bits per heavy atom. The lowest BCUT2D eigenvalue weighted by Gasteiger charge is -2.23. The van der Waals surface area contributed by atoms with E-state index in [-0.39, 0.29) is 0 Å². The van der Waals surface area contributed by atoms with Gasteiger partial charge in [-0.25, -0.2) is 4.98 Å². The van der Waals surface area contributed by atoms with Crippen LogP contribution in [0.25, 0.3) is 55.2 Å². The summed E-state index contributed by atoms with van der Waals surface area (Å²) in [4.78, 5) is 5.07. The summed E-state index contributed by atoms with van der Waals surface area (Å²) in [6, 6.07) is 44.2. The van der Waals surface area contributed by atoms with Crippen LogP contribution in [0.1, 0.15) is 17.5 Å². The lowest BCUT2D eigenvalue weighted by molar-refractivity contribution is 0.592. The molecule has 0 bridgehead atoms. The topological polar surface area (TPSA) is 34.4 Å². The summed E-state index contributed by atoms with van der Waals surface area (Å²) in [6.45, 7) is 0. The number of fused-ring (bicyclic) bond motifs is 10. The molecule has 43 heavy (non-hydrogen) atoms. The molecule has 204 valence electrons. The number of aryl methyl sites for hydroxylation is 1. The summed E-state index contributed by atoms with van der Waals surface area (Å²) in [5, 5.41) is 8.02. The molecule has 0 spiro atoms. The molecule has 9 rings (SSSR count). The van der Waals surface area contributed by atoms with Gasteiger partial charge >= 0.3 is 0 Å². The minimum Gasteiger partial charge on any atom is -0.309 e. The number of benzene rings is 6. The highest BCUT2D eigenvalue weighted by Crippen LogP contribution is 2.45. The quantitative estimate of drug-likeness (QED) is 0.158.